The van der Waals surface area contributed by atoms with E-state index in [9.17, 15) is 9.59 Å². The van der Waals surface area contributed by atoms with Crippen LogP contribution < -0.4 is 0 Å². The Morgan fingerprint density at radius 1 is 1.18 bits per heavy atom. The van der Waals surface area contributed by atoms with Crippen LogP contribution in [0.4, 0.5) is 0 Å². The van der Waals surface area contributed by atoms with E-state index < -0.39 is 0 Å². The number of carbonyl (C=O) groups is 2. The molecule has 0 saturated carbocycles. The Labute approximate surface area is 131 Å². The van der Waals surface area contributed by atoms with Gasteiger partial charge in [-0.05, 0) is 19.0 Å². The molecule has 1 aromatic rings. The summed E-state index contributed by atoms with van der Waals surface area (Å²) >= 11 is 0. The van der Waals surface area contributed by atoms with Crippen molar-refractivity contribution >= 4 is 11.8 Å². The van der Waals surface area contributed by atoms with Crippen LogP contribution in [0.25, 0.3) is 0 Å². The summed E-state index contributed by atoms with van der Waals surface area (Å²) in [6.45, 7) is 3.26. The monoisotopic (exact) mass is 301 g/mol. The van der Waals surface area contributed by atoms with Crippen molar-refractivity contribution in [2.75, 3.05) is 39.8 Å². The standard InChI is InChI=1S/C17H23N3O2/c1-18-10-11-20(12-15(18)14-6-3-2-4-7-14)17(22)13-19-9-5-8-16(19)21/h2-4,6-7,15H,5,8-13H2,1H3/t15-/m0/s1. The summed E-state index contributed by atoms with van der Waals surface area (Å²) in [7, 11) is 2.10. The van der Waals surface area contributed by atoms with Gasteiger partial charge >= 0.3 is 0 Å². The van der Waals surface area contributed by atoms with Crippen molar-refractivity contribution in [1.29, 1.82) is 0 Å². The largest absolute Gasteiger partial charge is 0.338 e. The van der Waals surface area contributed by atoms with Crippen LogP contribution in [0.1, 0.15) is 24.4 Å². The maximum absolute atomic E-state index is 12.5. The van der Waals surface area contributed by atoms with Gasteiger partial charge in [-0.15, -0.1) is 0 Å². The van der Waals surface area contributed by atoms with Crippen molar-refractivity contribution in [2.45, 2.75) is 18.9 Å². The van der Waals surface area contributed by atoms with Crippen molar-refractivity contribution in [3.63, 3.8) is 0 Å². The molecule has 0 spiro atoms. The average Bonchev–Trinajstić information content (AvgIpc) is 2.93. The van der Waals surface area contributed by atoms with Crippen molar-refractivity contribution < 1.29 is 9.59 Å². The molecular formula is C17H23N3O2. The number of hydrogen-bond donors (Lipinski definition) is 0. The summed E-state index contributed by atoms with van der Waals surface area (Å²) in [5.74, 6) is 0.186. The maximum Gasteiger partial charge on any atom is 0.242 e. The Hall–Kier alpha value is -1.88. The molecule has 2 fully saturated rings. The van der Waals surface area contributed by atoms with Crippen LogP contribution in [0.3, 0.4) is 0 Å². The minimum absolute atomic E-state index is 0.0734. The van der Waals surface area contributed by atoms with Crippen LogP contribution in [0.15, 0.2) is 30.3 Å². The molecule has 3 rings (SSSR count). The minimum atomic E-state index is 0.0734. The first-order valence-electron chi connectivity index (χ1n) is 7.96. The number of nitrogens with zero attached hydrogens (tertiary/aromatic N) is 3. The van der Waals surface area contributed by atoms with E-state index >= 15 is 0 Å². The molecule has 22 heavy (non-hydrogen) atoms. The number of amides is 2. The van der Waals surface area contributed by atoms with E-state index in [1.54, 1.807) is 4.90 Å². The van der Waals surface area contributed by atoms with Crippen molar-refractivity contribution in [2.24, 2.45) is 0 Å². The number of rotatable bonds is 3. The number of benzene rings is 1. The van der Waals surface area contributed by atoms with Gasteiger partial charge in [-0.2, -0.15) is 0 Å². The first-order valence-corrected chi connectivity index (χ1v) is 7.96. The third kappa shape index (κ3) is 3.14. The van der Waals surface area contributed by atoms with Gasteiger partial charge in [0.05, 0.1) is 12.6 Å². The van der Waals surface area contributed by atoms with E-state index in [2.05, 4.69) is 24.1 Å². The van der Waals surface area contributed by atoms with Crippen LogP contribution in [0, 0.1) is 0 Å². The molecule has 2 amide bonds. The maximum atomic E-state index is 12.5. The highest BCUT2D eigenvalue weighted by Gasteiger charge is 2.30. The molecule has 2 aliphatic rings. The Bertz CT molecular complexity index is 546. The molecule has 2 aliphatic heterocycles. The normalized spacial score (nSPS) is 23.1. The molecule has 2 saturated heterocycles. The topological polar surface area (TPSA) is 43.9 Å². The van der Waals surface area contributed by atoms with Crippen molar-refractivity contribution in [1.82, 2.24) is 14.7 Å². The van der Waals surface area contributed by atoms with Gasteiger partial charge in [0.1, 0.15) is 0 Å². The summed E-state index contributed by atoms with van der Waals surface area (Å²) in [5, 5.41) is 0. The van der Waals surface area contributed by atoms with E-state index in [0.29, 0.717) is 13.0 Å². The van der Waals surface area contributed by atoms with Gasteiger partial charge in [-0.3, -0.25) is 14.5 Å². The zero-order valence-electron chi connectivity index (χ0n) is 13.1. The zero-order valence-corrected chi connectivity index (χ0v) is 13.1. The van der Waals surface area contributed by atoms with Gasteiger partial charge in [0, 0.05) is 32.6 Å². The first kappa shape index (κ1) is 15.0. The number of hydrogen-bond acceptors (Lipinski definition) is 3. The third-order valence-electron chi connectivity index (χ3n) is 4.68. The van der Waals surface area contributed by atoms with Gasteiger partial charge in [0.25, 0.3) is 0 Å². The van der Waals surface area contributed by atoms with Crippen molar-refractivity contribution in [3.8, 4) is 0 Å². The number of likely N-dealkylation sites (N-methyl/N-ethyl adjacent to an activating group) is 1. The number of likely N-dealkylation sites (tertiary alicyclic amines) is 1. The predicted octanol–water partition coefficient (Wildman–Crippen LogP) is 1.12. The Morgan fingerprint density at radius 2 is 1.95 bits per heavy atom. The summed E-state index contributed by atoms with van der Waals surface area (Å²) in [4.78, 5) is 30.1. The molecule has 5 heteroatoms. The molecule has 0 aromatic heterocycles. The van der Waals surface area contributed by atoms with E-state index in [4.69, 9.17) is 0 Å². The Morgan fingerprint density at radius 3 is 2.64 bits per heavy atom. The smallest absolute Gasteiger partial charge is 0.242 e. The summed E-state index contributed by atoms with van der Waals surface area (Å²) in [6.07, 6.45) is 1.46. The first-order chi connectivity index (χ1) is 10.6. The molecule has 1 aromatic carbocycles. The fraction of sp³-hybridized carbons (Fsp3) is 0.529. The van der Waals surface area contributed by atoms with Crippen molar-refractivity contribution in [3.05, 3.63) is 35.9 Å². The third-order valence-corrected chi connectivity index (χ3v) is 4.68. The van der Waals surface area contributed by atoms with Gasteiger partial charge in [-0.25, -0.2) is 0 Å². The number of piperazine rings is 1. The van der Waals surface area contributed by atoms with E-state index in [-0.39, 0.29) is 24.4 Å². The van der Waals surface area contributed by atoms with Crippen LogP contribution in [0.2, 0.25) is 0 Å². The van der Waals surface area contributed by atoms with Crippen LogP contribution >= 0.6 is 0 Å². The molecule has 0 bridgehead atoms. The van der Waals surface area contributed by atoms with Crippen LogP contribution in [-0.2, 0) is 9.59 Å². The second kappa shape index (κ2) is 6.48. The van der Waals surface area contributed by atoms with E-state index in [1.807, 2.05) is 23.1 Å². The van der Waals surface area contributed by atoms with E-state index in [1.165, 1.54) is 5.56 Å². The summed E-state index contributed by atoms with van der Waals surface area (Å²) in [6, 6.07) is 10.5. The highest BCUT2D eigenvalue weighted by Crippen LogP contribution is 2.24. The Balaban J connectivity index is 1.65. The van der Waals surface area contributed by atoms with Gasteiger partial charge < -0.3 is 9.80 Å². The molecule has 0 unspecified atom stereocenters. The lowest BCUT2D eigenvalue weighted by atomic mass is 10.0. The quantitative estimate of drug-likeness (QED) is 0.840. The lowest BCUT2D eigenvalue weighted by molar-refractivity contribution is -0.140. The van der Waals surface area contributed by atoms with Gasteiger partial charge in [-0.1, -0.05) is 30.3 Å². The fourth-order valence-electron chi connectivity index (χ4n) is 3.27. The predicted molar refractivity (Wildman–Crippen MR) is 84.2 cm³/mol. The summed E-state index contributed by atoms with van der Waals surface area (Å²) < 4.78 is 0. The molecule has 0 aliphatic carbocycles. The molecule has 1 atom stereocenters. The molecule has 0 N–H and O–H groups in total. The van der Waals surface area contributed by atoms with Gasteiger partial charge in [0.15, 0.2) is 0 Å². The highest BCUT2D eigenvalue weighted by atomic mass is 16.2. The van der Waals surface area contributed by atoms with Crippen LogP contribution in [-0.4, -0.2) is 66.3 Å². The molecule has 0 radical (unpaired) electrons. The summed E-state index contributed by atoms with van der Waals surface area (Å²) in [5.41, 5.74) is 1.24. The Kier molecular flexibility index (Phi) is 4.43. The fourth-order valence-corrected chi connectivity index (χ4v) is 3.27. The van der Waals surface area contributed by atoms with Crippen LogP contribution in [0.5, 0.6) is 0 Å². The molecule has 5 nitrogen and oxygen atoms in total. The number of carbonyl (C=O) groups excluding carboxylic acids is 2. The highest BCUT2D eigenvalue weighted by molar-refractivity contribution is 5.86. The molecule has 118 valence electrons. The molecular weight excluding hydrogens is 278 g/mol. The second-order valence-corrected chi connectivity index (χ2v) is 6.17. The average molecular weight is 301 g/mol. The molecule has 2 heterocycles. The lowest BCUT2D eigenvalue weighted by Crippen LogP contribution is -2.51. The lowest BCUT2D eigenvalue weighted by Gasteiger charge is -2.40. The second-order valence-electron chi connectivity index (χ2n) is 6.17. The minimum Gasteiger partial charge on any atom is -0.338 e. The zero-order chi connectivity index (χ0) is 15.5. The van der Waals surface area contributed by atoms with Gasteiger partial charge in [0.2, 0.25) is 11.8 Å². The van der Waals surface area contributed by atoms with E-state index in [0.717, 1.165) is 26.1 Å². The SMILES string of the molecule is CN1CCN(C(=O)CN2CCCC2=O)C[C@H]1c1ccccc1.